The Hall–Kier alpha value is -2.14. The minimum absolute atomic E-state index is 0.0162. The van der Waals surface area contributed by atoms with Gasteiger partial charge < -0.3 is 9.88 Å². The number of carbonyl (C=O) groups excluding carboxylic acids is 1. The fourth-order valence-corrected chi connectivity index (χ4v) is 5.03. The van der Waals surface area contributed by atoms with Crippen LogP contribution in [0.3, 0.4) is 0 Å². The number of rotatable bonds is 6. The molecule has 0 atom stereocenters. The highest BCUT2D eigenvalue weighted by Crippen LogP contribution is 2.27. The molecule has 1 aromatic carbocycles. The molecule has 162 valence electrons. The molecule has 0 bridgehead atoms. The Labute approximate surface area is 179 Å². The minimum atomic E-state index is 0.0162. The number of hydrogen-bond acceptors (Lipinski definition) is 3. The summed E-state index contributed by atoms with van der Waals surface area (Å²) in [6, 6.07) is 8.35. The number of amides is 1. The van der Waals surface area contributed by atoms with Crippen LogP contribution in [-0.2, 0) is 17.8 Å². The fourth-order valence-electron chi connectivity index (χ4n) is 5.03. The molecule has 4 rings (SSSR count). The number of aromatic nitrogens is 1. The maximum Gasteiger partial charge on any atom is 0.251 e. The predicted octanol–water partition coefficient (Wildman–Crippen LogP) is 4.10. The number of aryl methyl sites for hydroxylation is 1. The molecule has 1 aliphatic heterocycles. The van der Waals surface area contributed by atoms with Crippen LogP contribution in [0.25, 0.3) is 10.9 Å². The zero-order valence-electron chi connectivity index (χ0n) is 18.3. The molecular formula is C25H35N3O2. The molecule has 2 aliphatic rings. The largest absolute Gasteiger partial charge is 0.340 e. The summed E-state index contributed by atoms with van der Waals surface area (Å²) in [5.74, 6) is 1.12. The van der Waals surface area contributed by atoms with E-state index in [4.69, 9.17) is 0 Å². The van der Waals surface area contributed by atoms with E-state index in [0.717, 1.165) is 74.4 Å². The van der Waals surface area contributed by atoms with Crippen molar-refractivity contribution in [3.8, 4) is 0 Å². The average Bonchev–Trinajstić information content (AvgIpc) is 2.78. The number of nitrogens with zero attached hydrogens (tertiary/aromatic N) is 2. The van der Waals surface area contributed by atoms with Gasteiger partial charge in [0.25, 0.3) is 5.56 Å². The molecule has 1 aliphatic carbocycles. The van der Waals surface area contributed by atoms with Crippen LogP contribution in [-0.4, -0.2) is 46.9 Å². The smallest absolute Gasteiger partial charge is 0.251 e. The molecule has 0 unspecified atom stereocenters. The minimum Gasteiger partial charge on any atom is -0.340 e. The number of benzene rings is 1. The molecule has 0 radical (unpaired) electrons. The lowest BCUT2D eigenvalue weighted by molar-refractivity contribution is -0.133. The Morgan fingerprint density at radius 3 is 2.57 bits per heavy atom. The van der Waals surface area contributed by atoms with Crippen molar-refractivity contribution in [1.29, 1.82) is 0 Å². The summed E-state index contributed by atoms with van der Waals surface area (Å²) in [5.41, 5.74) is 2.97. The summed E-state index contributed by atoms with van der Waals surface area (Å²) in [4.78, 5) is 32.2. The van der Waals surface area contributed by atoms with Crippen molar-refractivity contribution in [3.05, 3.63) is 45.7 Å². The molecular weight excluding hydrogens is 374 g/mol. The van der Waals surface area contributed by atoms with Crippen LogP contribution >= 0.6 is 0 Å². The number of fused-ring (bicyclic) bond motifs is 1. The zero-order chi connectivity index (χ0) is 20.9. The van der Waals surface area contributed by atoms with Crippen LogP contribution in [0.15, 0.2) is 29.1 Å². The van der Waals surface area contributed by atoms with Gasteiger partial charge in [0.1, 0.15) is 0 Å². The van der Waals surface area contributed by atoms with Crippen molar-refractivity contribution in [1.82, 2.24) is 14.8 Å². The second kappa shape index (κ2) is 9.78. The molecule has 0 spiro atoms. The monoisotopic (exact) mass is 409 g/mol. The first-order valence-electron chi connectivity index (χ1n) is 11.8. The number of nitrogens with one attached hydrogen (secondary N) is 1. The van der Waals surface area contributed by atoms with Crippen molar-refractivity contribution in [2.75, 3.05) is 26.2 Å². The van der Waals surface area contributed by atoms with Gasteiger partial charge in [0.2, 0.25) is 5.91 Å². The maximum absolute atomic E-state index is 12.6. The first kappa shape index (κ1) is 21.1. The number of hydrogen-bond donors (Lipinski definition) is 1. The van der Waals surface area contributed by atoms with Gasteiger partial charge >= 0.3 is 0 Å². The summed E-state index contributed by atoms with van der Waals surface area (Å²) in [5, 5.41) is 1.09. The summed E-state index contributed by atoms with van der Waals surface area (Å²) in [6.07, 6.45) is 9.25. The number of carbonyl (C=O) groups is 1. The summed E-state index contributed by atoms with van der Waals surface area (Å²) >= 11 is 0. The van der Waals surface area contributed by atoms with Crippen molar-refractivity contribution in [2.45, 2.75) is 64.8 Å². The van der Waals surface area contributed by atoms with Gasteiger partial charge in [-0.25, -0.2) is 0 Å². The lowest BCUT2D eigenvalue weighted by Gasteiger charge is -2.35. The van der Waals surface area contributed by atoms with Gasteiger partial charge in [-0.1, -0.05) is 51.2 Å². The summed E-state index contributed by atoms with van der Waals surface area (Å²) < 4.78 is 0. The third-order valence-corrected chi connectivity index (χ3v) is 6.99. The van der Waals surface area contributed by atoms with Gasteiger partial charge in [0.15, 0.2) is 0 Å². The van der Waals surface area contributed by atoms with Crippen LogP contribution in [0.1, 0.15) is 63.0 Å². The molecule has 1 N–H and O–H groups in total. The van der Waals surface area contributed by atoms with Gasteiger partial charge in [0.05, 0.1) is 0 Å². The maximum atomic E-state index is 12.6. The quantitative estimate of drug-likeness (QED) is 0.782. The highest BCUT2D eigenvalue weighted by molar-refractivity contribution is 5.79. The first-order valence-corrected chi connectivity index (χ1v) is 11.8. The number of pyridine rings is 1. The SMILES string of the molecule is CCc1cc2ccc(CN3CCN(C(=O)CCC4CCCCC4)CC3)cc2[nH]c1=O. The van der Waals surface area contributed by atoms with Gasteiger partial charge in [-0.3, -0.25) is 14.5 Å². The van der Waals surface area contributed by atoms with E-state index in [9.17, 15) is 9.59 Å². The van der Waals surface area contributed by atoms with E-state index in [-0.39, 0.29) is 5.56 Å². The highest BCUT2D eigenvalue weighted by atomic mass is 16.2. The Kier molecular flexibility index (Phi) is 6.88. The predicted molar refractivity (Wildman–Crippen MR) is 122 cm³/mol. The van der Waals surface area contributed by atoms with Gasteiger partial charge in [-0.15, -0.1) is 0 Å². The number of aromatic amines is 1. The van der Waals surface area contributed by atoms with Crippen LogP contribution in [0.5, 0.6) is 0 Å². The summed E-state index contributed by atoms with van der Waals surface area (Å²) in [6.45, 7) is 6.35. The molecule has 2 heterocycles. The lowest BCUT2D eigenvalue weighted by Crippen LogP contribution is -2.48. The van der Waals surface area contributed by atoms with Crippen molar-refractivity contribution in [2.24, 2.45) is 5.92 Å². The molecule has 1 aromatic heterocycles. The molecule has 1 saturated carbocycles. The molecule has 2 fully saturated rings. The van der Waals surface area contributed by atoms with Crippen molar-refractivity contribution >= 4 is 16.8 Å². The van der Waals surface area contributed by atoms with Crippen molar-refractivity contribution in [3.63, 3.8) is 0 Å². The molecule has 1 amide bonds. The van der Waals surface area contributed by atoms with Crippen LogP contribution in [0.2, 0.25) is 0 Å². The second-order valence-electron chi connectivity index (χ2n) is 9.10. The average molecular weight is 410 g/mol. The van der Waals surface area contributed by atoms with Gasteiger partial charge in [-0.2, -0.15) is 0 Å². The topological polar surface area (TPSA) is 56.4 Å². The highest BCUT2D eigenvalue weighted by Gasteiger charge is 2.22. The molecule has 2 aromatic rings. The Morgan fingerprint density at radius 1 is 1.07 bits per heavy atom. The van der Waals surface area contributed by atoms with E-state index >= 15 is 0 Å². The Morgan fingerprint density at radius 2 is 1.83 bits per heavy atom. The Balaban J connectivity index is 1.28. The van der Waals surface area contributed by atoms with E-state index in [2.05, 4.69) is 33.0 Å². The van der Waals surface area contributed by atoms with Crippen LogP contribution in [0, 0.1) is 5.92 Å². The second-order valence-corrected chi connectivity index (χ2v) is 9.10. The lowest BCUT2D eigenvalue weighted by atomic mass is 9.86. The van der Waals surface area contributed by atoms with Crippen molar-refractivity contribution < 1.29 is 4.79 Å². The Bertz CT molecular complexity index is 922. The normalized spacial score (nSPS) is 18.8. The van der Waals surface area contributed by atoms with Crippen LogP contribution < -0.4 is 5.56 Å². The van der Waals surface area contributed by atoms with Gasteiger partial charge in [-0.05, 0) is 41.8 Å². The molecule has 5 heteroatoms. The molecule has 30 heavy (non-hydrogen) atoms. The molecule has 1 saturated heterocycles. The van der Waals surface area contributed by atoms with E-state index in [1.807, 2.05) is 13.0 Å². The standard InChI is InChI=1S/C25H35N3O2/c1-2-21-17-22-10-8-20(16-23(22)26-25(21)30)18-27-12-14-28(15-13-27)24(29)11-9-19-6-4-3-5-7-19/h8,10,16-17,19H,2-7,9,11-15,18H2,1H3,(H,26,30). The number of piperazine rings is 1. The number of H-pyrrole nitrogens is 1. The zero-order valence-corrected chi connectivity index (χ0v) is 18.3. The third-order valence-electron chi connectivity index (χ3n) is 6.99. The first-order chi connectivity index (χ1) is 14.6. The fraction of sp³-hybridized carbons (Fsp3) is 0.600. The van der Waals surface area contributed by atoms with Gasteiger partial charge in [0, 0.05) is 50.2 Å². The van der Waals surface area contributed by atoms with E-state index in [1.165, 1.54) is 37.7 Å². The van der Waals surface area contributed by atoms with E-state index < -0.39 is 0 Å². The van der Waals surface area contributed by atoms with E-state index in [1.54, 1.807) is 0 Å². The van der Waals surface area contributed by atoms with E-state index in [0.29, 0.717) is 5.91 Å². The van der Waals surface area contributed by atoms with Crippen LogP contribution in [0.4, 0.5) is 0 Å². The molecule has 5 nitrogen and oxygen atoms in total. The summed E-state index contributed by atoms with van der Waals surface area (Å²) in [7, 11) is 0. The third kappa shape index (κ3) is 5.12.